The Morgan fingerprint density at radius 1 is 1.25 bits per heavy atom. The van der Waals surface area contributed by atoms with Crippen molar-refractivity contribution in [2.75, 3.05) is 26.0 Å². The topological polar surface area (TPSA) is 92.8 Å². The molecule has 0 aromatic heterocycles. The summed E-state index contributed by atoms with van der Waals surface area (Å²) in [4.78, 5) is 25.8. The Morgan fingerprint density at radius 2 is 2.00 bits per heavy atom. The van der Waals surface area contributed by atoms with Gasteiger partial charge in [-0.1, -0.05) is 24.3 Å². The quantitative estimate of drug-likeness (QED) is 0.567. The number of carbonyl (C=O) groups excluding carboxylic acids is 2. The van der Waals surface area contributed by atoms with E-state index in [2.05, 4.69) is 22.3 Å². The molecule has 2 amide bonds. The van der Waals surface area contributed by atoms with Crippen LogP contribution in [-0.4, -0.2) is 51.1 Å². The lowest BCUT2D eigenvalue weighted by molar-refractivity contribution is -0.134. The van der Waals surface area contributed by atoms with Crippen LogP contribution in [0.3, 0.4) is 0 Å². The summed E-state index contributed by atoms with van der Waals surface area (Å²) in [6, 6.07) is 8.09. The van der Waals surface area contributed by atoms with Gasteiger partial charge in [0.15, 0.2) is 0 Å². The Hall–Kier alpha value is -1.77. The van der Waals surface area contributed by atoms with Crippen LogP contribution >= 0.6 is 0 Å². The molecule has 3 fully saturated rings. The van der Waals surface area contributed by atoms with Gasteiger partial charge in [-0.05, 0) is 41.7 Å². The second kappa shape index (κ2) is 7.24. The van der Waals surface area contributed by atoms with E-state index in [4.69, 9.17) is 4.18 Å². The van der Waals surface area contributed by atoms with Crippen molar-refractivity contribution in [3.8, 4) is 0 Å². The van der Waals surface area contributed by atoms with Gasteiger partial charge >= 0.3 is 0 Å². The Morgan fingerprint density at radius 3 is 2.68 bits per heavy atom. The third kappa shape index (κ3) is 4.29. The number of rotatable bonds is 6. The van der Waals surface area contributed by atoms with Gasteiger partial charge in [0.05, 0.1) is 18.8 Å². The number of carbonyl (C=O) groups is 2. The molecule has 1 N–H and O–H groups in total. The van der Waals surface area contributed by atoms with E-state index in [0.29, 0.717) is 30.8 Å². The van der Waals surface area contributed by atoms with E-state index in [0.717, 1.165) is 44.3 Å². The highest BCUT2D eigenvalue weighted by Gasteiger charge is 2.52. The molecule has 1 unspecified atom stereocenters. The van der Waals surface area contributed by atoms with Gasteiger partial charge in [0.1, 0.15) is 0 Å². The van der Waals surface area contributed by atoms with Gasteiger partial charge in [0.25, 0.3) is 10.1 Å². The first-order chi connectivity index (χ1) is 13.2. The molecular formula is C20H26N2O5S. The second-order valence-corrected chi connectivity index (χ2v) is 10.3. The average Bonchev–Trinajstić information content (AvgIpc) is 2.54. The molecule has 3 aliphatic rings. The van der Waals surface area contributed by atoms with Crippen molar-refractivity contribution in [3.05, 3.63) is 35.4 Å². The number of benzene rings is 1. The monoisotopic (exact) mass is 406 g/mol. The van der Waals surface area contributed by atoms with Crippen LogP contribution in [-0.2, 0) is 30.4 Å². The molecular weight excluding hydrogens is 380 g/mol. The van der Waals surface area contributed by atoms with Crippen molar-refractivity contribution >= 4 is 21.9 Å². The van der Waals surface area contributed by atoms with E-state index in [9.17, 15) is 18.0 Å². The summed E-state index contributed by atoms with van der Waals surface area (Å²) in [5.74, 6) is -0.299. The lowest BCUT2D eigenvalue weighted by Gasteiger charge is -2.59. The summed E-state index contributed by atoms with van der Waals surface area (Å²) in [5.41, 5.74) is 2.47. The molecule has 2 saturated heterocycles. The standard InChI is InChI=1S/C20H26N2O5S/c1-28(25,26)27-11-15-8-20(9-15)12-22(13-20)10-14-3-2-4-16(7-14)17-5-6-18(23)21-19(17)24/h2-4,7,15,17H,5-6,8-13H2,1H3,(H,21,23,24). The van der Waals surface area contributed by atoms with Gasteiger partial charge in [-0.25, -0.2) is 0 Å². The maximum atomic E-state index is 12.1. The maximum Gasteiger partial charge on any atom is 0.264 e. The van der Waals surface area contributed by atoms with Gasteiger partial charge in [-0.3, -0.25) is 24.0 Å². The highest BCUT2D eigenvalue weighted by Crippen LogP contribution is 2.52. The van der Waals surface area contributed by atoms with E-state index >= 15 is 0 Å². The Kier molecular flexibility index (Phi) is 5.05. The predicted octanol–water partition coefficient (Wildman–Crippen LogP) is 1.39. The van der Waals surface area contributed by atoms with Crippen LogP contribution in [0.25, 0.3) is 0 Å². The first kappa shape index (κ1) is 19.5. The maximum absolute atomic E-state index is 12.1. The fourth-order valence-electron chi connectivity index (χ4n) is 4.95. The van der Waals surface area contributed by atoms with Crippen molar-refractivity contribution in [2.45, 2.75) is 38.1 Å². The smallest absolute Gasteiger partial charge is 0.264 e. The Balaban J connectivity index is 1.27. The zero-order valence-electron chi connectivity index (χ0n) is 16.0. The molecule has 152 valence electrons. The predicted molar refractivity (Wildman–Crippen MR) is 103 cm³/mol. The Bertz CT molecular complexity index is 884. The molecule has 7 nitrogen and oxygen atoms in total. The van der Waals surface area contributed by atoms with Crippen molar-refractivity contribution in [1.82, 2.24) is 10.2 Å². The summed E-state index contributed by atoms with van der Waals surface area (Å²) < 4.78 is 27.1. The molecule has 0 bridgehead atoms. The lowest BCUT2D eigenvalue weighted by Crippen LogP contribution is -2.62. The summed E-state index contributed by atoms with van der Waals surface area (Å²) in [7, 11) is -3.35. The summed E-state index contributed by atoms with van der Waals surface area (Å²) in [6.07, 6.45) is 4.09. The summed E-state index contributed by atoms with van der Waals surface area (Å²) in [5, 5.41) is 2.42. The zero-order chi connectivity index (χ0) is 19.9. The minimum absolute atomic E-state index is 0.191. The van der Waals surface area contributed by atoms with Crippen LogP contribution in [0.5, 0.6) is 0 Å². The molecule has 8 heteroatoms. The number of nitrogens with zero attached hydrogens (tertiary/aromatic N) is 1. The van der Waals surface area contributed by atoms with Gasteiger partial charge in [0, 0.05) is 26.1 Å². The SMILES string of the molecule is CS(=O)(=O)OCC1CC2(C1)CN(Cc1cccc(C3CCC(=O)NC3=O)c1)C2. The fourth-order valence-corrected chi connectivity index (χ4v) is 5.39. The molecule has 1 aromatic rings. The number of piperidine rings is 1. The average molecular weight is 407 g/mol. The Labute approximate surface area is 165 Å². The highest BCUT2D eigenvalue weighted by molar-refractivity contribution is 7.85. The third-order valence-electron chi connectivity index (χ3n) is 6.08. The molecule has 1 aromatic carbocycles. The van der Waals surface area contributed by atoms with E-state index in [1.807, 2.05) is 12.1 Å². The lowest BCUT2D eigenvalue weighted by atomic mass is 9.58. The fraction of sp³-hybridized carbons (Fsp3) is 0.600. The highest BCUT2D eigenvalue weighted by atomic mass is 32.2. The van der Waals surface area contributed by atoms with Gasteiger partial charge in [-0.15, -0.1) is 0 Å². The normalized spacial score (nSPS) is 25.2. The third-order valence-corrected chi connectivity index (χ3v) is 6.64. The van der Waals surface area contributed by atoms with Gasteiger partial charge in [-0.2, -0.15) is 8.42 Å². The van der Waals surface area contributed by atoms with Crippen molar-refractivity contribution in [3.63, 3.8) is 0 Å². The number of amides is 2. The molecule has 2 heterocycles. The molecule has 28 heavy (non-hydrogen) atoms. The number of nitrogens with one attached hydrogen (secondary N) is 1. The summed E-state index contributed by atoms with van der Waals surface area (Å²) in [6.45, 7) is 3.18. The minimum atomic E-state index is -3.35. The van der Waals surface area contributed by atoms with Crippen LogP contribution in [0.2, 0.25) is 0 Å². The molecule has 4 rings (SSSR count). The van der Waals surface area contributed by atoms with Crippen LogP contribution in [0.1, 0.15) is 42.7 Å². The van der Waals surface area contributed by atoms with Crippen molar-refractivity contribution < 1.29 is 22.2 Å². The van der Waals surface area contributed by atoms with Crippen LogP contribution < -0.4 is 5.32 Å². The van der Waals surface area contributed by atoms with E-state index in [1.54, 1.807) is 0 Å². The largest absolute Gasteiger partial charge is 0.298 e. The molecule has 1 saturated carbocycles. The second-order valence-electron chi connectivity index (χ2n) is 8.66. The van der Waals surface area contributed by atoms with Crippen LogP contribution in [0, 0.1) is 11.3 Å². The van der Waals surface area contributed by atoms with E-state index in [1.165, 1.54) is 5.56 Å². The molecule has 1 spiro atoms. The van der Waals surface area contributed by atoms with Gasteiger partial charge < -0.3 is 0 Å². The van der Waals surface area contributed by atoms with E-state index < -0.39 is 10.1 Å². The summed E-state index contributed by atoms with van der Waals surface area (Å²) >= 11 is 0. The molecule has 0 radical (unpaired) electrons. The van der Waals surface area contributed by atoms with Gasteiger partial charge in [0.2, 0.25) is 11.8 Å². The van der Waals surface area contributed by atoms with E-state index in [-0.39, 0.29) is 17.7 Å². The molecule has 1 aliphatic carbocycles. The van der Waals surface area contributed by atoms with Crippen molar-refractivity contribution in [1.29, 1.82) is 0 Å². The first-order valence-electron chi connectivity index (χ1n) is 9.71. The van der Waals surface area contributed by atoms with Crippen LogP contribution in [0.4, 0.5) is 0 Å². The minimum Gasteiger partial charge on any atom is -0.298 e. The zero-order valence-corrected chi connectivity index (χ0v) is 16.8. The number of likely N-dealkylation sites (tertiary alicyclic amines) is 1. The molecule has 1 atom stereocenters. The van der Waals surface area contributed by atoms with Crippen molar-refractivity contribution in [2.24, 2.45) is 11.3 Å². The molecule has 2 aliphatic heterocycles. The number of hydrogen-bond donors (Lipinski definition) is 1. The van der Waals surface area contributed by atoms with Crippen LogP contribution in [0.15, 0.2) is 24.3 Å². The number of imide groups is 1. The number of hydrogen-bond acceptors (Lipinski definition) is 6. The first-order valence-corrected chi connectivity index (χ1v) is 11.5.